The molecule has 1 aliphatic carbocycles. The summed E-state index contributed by atoms with van der Waals surface area (Å²) in [6.45, 7) is 1.72. The summed E-state index contributed by atoms with van der Waals surface area (Å²) in [5.41, 5.74) is 0.941. The van der Waals surface area contributed by atoms with Gasteiger partial charge < -0.3 is 5.32 Å². The molecule has 2 unspecified atom stereocenters. The van der Waals surface area contributed by atoms with E-state index in [1.165, 1.54) is 12.0 Å². The molecule has 0 aliphatic heterocycles. The van der Waals surface area contributed by atoms with Gasteiger partial charge in [-0.1, -0.05) is 43.2 Å². The minimum atomic E-state index is -0.348. The third-order valence-electron chi connectivity index (χ3n) is 4.19. The second-order valence-corrected chi connectivity index (χ2v) is 4.99. The Morgan fingerprint density at radius 1 is 1.29 bits per heavy atom. The van der Waals surface area contributed by atoms with Crippen LogP contribution in [0.15, 0.2) is 30.3 Å². The van der Waals surface area contributed by atoms with E-state index < -0.39 is 0 Å². The van der Waals surface area contributed by atoms with Crippen LogP contribution in [0.25, 0.3) is 0 Å². The lowest BCUT2D eigenvalue weighted by atomic mass is 9.68. The summed E-state index contributed by atoms with van der Waals surface area (Å²) in [6, 6.07) is 10.4. The number of ketones is 1. The van der Waals surface area contributed by atoms with Gasteiger partial charge in [0.15, 0.2) is 0 Å². The van der Waals surface area contributed by atoms with Crippen molar-refractivity contribution in [1.29, 1.82) is 0 Å². The first-order valence-corrected chi connectivity index (χ1v) is 6.45. The van der Waals surface area contributed by atoms with Crippen LogP contribution in [0, 0.1) is 0 Å². The van der Waals surface area contributed by atoms with Crippen molar-refractivity contribution >= 4 is 5.78 Å². The SMILES string of the molecule is CNC1(C(C)=O)CCCCC1c1ccccc1. The van der Waals surface area contributed by atoms with E-state index >= 15 is 0 Å². The average Bonchev–Trinajstić information content (AvgIpc) is 2.39. The van der Waals surface area contributed by atoms with Crippen molar-refractivity contribution in [1.82, 2.24) is 5.32 Å². The molecule has 0 amide bonds. The van der Waals surface area contributed by atoms with E-state index in [1.54, 1.807) is 6.92 Å². The summed E-state index contributed by atoms with van der Waals surface area (Å²) in [6.07, 6.45) is 4.42. The Hall–Kier alpha value is -1.15. The average molecular weight is 231 g/mol. The lowest BCUT2D eigenvalue weighted by Gasteiger charge is -2.42. The summed E-state index contributed by atoms with van der Waals surface area (Å²) in [7, 11) is 1.92. The highest BCUT2D eigenvalue weighted by atomic mass is 16.1. The predicted octanol–water partition coefficient (Wildman–Crippen LogP) is 2.89. The molecular formula is C15H21NO. The first-order valence-electron chi connectivity index (χ1n) is 6.45. The molecule has 0 heterocycles. The maximum Gasteiger partial charge on any atom is 0.150 e. The van der Waals surface area contributed by atoms with E-state index in [2.05, 4.69) is 29.6 Å². The second kappa shape index (κ2) is 5.01. The van der Waals surface area contributed by atoms with Crippen LogP contribution >= 0.6 is 0 Å². The molecule has 0 bridgehead atoms. The molecule has 17 heavy (non-hydrogen) atoms. The van der Waals surface area contributed by atoms with Crippen molar-refractivity contribution in [3.05, 3.63) is 35.9 Å². The first kappa shape index (κ1) is 12.3. The summed E-state index contributed by atoms with van der Waals surface area (Å²) in [5, 5.41) is 3.32. The number of hydrogen-bond donors (Lipinski definition) is 1. The number of carbonyl (C=O) groups excluding carboxylic acids is 1. The fraction of sp³-hybridized carbons (Fsp3) is 0.533. The number of Topliss-reactive ketones (excluding diaryl/α,β-unsaturated/α-hetero) is 1. The van der Waals surface area contributed by atoms with Gasteiger partial charge >= 0.3 is 0 Å². The van der Waals surface area contributed by atoms with Gasteiger partial charge in [0.2, 0.25) is 0 Å². The van der Waals surface area contributed by atoms with Crippen LogP contribution in [0.5, 0.6) is 0 Å². The highest BCUT2D eigenvalue weighted by Crippen LogP contribution is 2.41. The van der Waals surface area contributed by atoms with Crippen molar-refractivity contribution in [3.63, 3.8) is 0 Å². The molecule has 1 saturated carbocycles. The van der Waals surface area contributed by atoms with E-state index in [0.29, 0.717) is 5.92 Å². The minimum absolute atomic E-state index is 0.272. The van der Waals surface area contributed by atoms with Crippen molar-refractivity contribution in [2.24, 2.45) is 0 Å². The zero-order valence-corrected chi connectivity index (χ0v) is 10.7. The molecule has 2 rings (SSSR count). The van der Waals surface area contributed by atoms with E-state index in [4.69, 9.17) is 0 Å². The van der Waals surface area contributed by atoms with Gasteiger partial charge in [0.1, 0.15) is 5.78 Å². The monoisotopic (exact) mass is 231 g/mol. The number of rotatable bonds is 3. The highest BCUT2D eigenvalue weighted by molar-refractivity contribution is 5.87. The van der Waals surface area contributed by atoms with Gasteiger partial charge in [-0.3, -0.25) is 4.79 Å². The Morgan fingerprint density at radius 3 is 2.59 bits per heavy atom. The van der Waals surface area contributed by atoms with Gasteiger partial charge in [-0.15, -0.1) is 0 Å². The van der Waals surface area contributed by atoms with Crippen LogP contribution < -0.4 is 5.32 Å². The number of benzene rings is 1. The lowest BCUT2D eigenvalue weighted by molar-refractivity contribution is -0.125. The quantitative estimate of drug-likeness (QED) is 0.866. The van der Waals surface area contributed by atoms with Crippen LogP contribution in [-0.4, -0.2) is 18.4 Å². The molecule has 2 atom stereocenters. The van der Waals surface area contributed by atoms with E-state index in [9.17, 15) is 4.79 Å². The maximum absolute atomic E-state index is 12.1. The van der Waals surface area contributed by atoms with E-state index in [0.717, 1.165) is 19.3 Å². The van der Waals surface area contributed by atoms with Crippen molar-refractivity contribution in [2.75, 3.05) is 7.05 Å². The lowest BCUT2D eigenvalue weighted by Crippen LogP contribution is -2.55. The number of carbonyl (C=O) groups is 1. The standard InChI is InChI=1S/C15H21NO/c1-12(17)15(16-2)11-7-6-10-14(15)13-8-4-3-5-9-13/h3-5,8-9,14,16H,6-7,10-11H2,1-2H3. The van der Waals surface area contributed by atoms with E-state index in [-0.39, 0.29) is 11.3 Å². The van der Waals surface area contributed by atoms with Gasteiger partial charge in [-0.25, -0.2) is 0 Å². The first-order chi connectivity index (χ1) is 8.20. The van der Waals surface area contributed by atoms with Gasteiger partial charge in [-0.2, -0.15) is 0 Å². The number of nitrogens with one attached hydrogen (secondary N) is 1. The molecule has 0 saturated heterocycles. The van der Waals surface area contributed by atoms with Crippen LogP contribution in [-0.2, 0) is 4.79 Å². The van der Waals surface area contributed by atoms with Crippen LogP contribution in [0.1, 0.15) is 44.1 Å². The third-order valence-corrected chi connectivity index (χ3v) is 4.19. The molecule has 1 aliphatic rings. The largest absolute Gasteiger partial charge is 0.308 e. The molecule has 92 valence electrons. The second-order valence-electron chi connectivity index (χ2n) is 4.99. The minimum Gasteiger partial charge on any atom is -0.308 e. The maximum atomic E-state index is 12.1. The fourth-order valence-corrected chi connectivity index (χ4v) is 3.21. The molecule has 2 heteroatoms. The van der Waals surface area contributed by atoms with Crippen molar-refractivity contribution in [2.45, 2.75) is 44.1 Å². The van der Waals surface area contributed by atoms with Gasteiger partial charge in [-0.05, 0) is 32.4 Å². The van der Waals surface area contributed by atoms with Gasteiger partial charge in [0, 0.05) is 5.92 Å². The number of likely N-dealkylation sites (N-methyl/N-ethyl adjacent to an activating group) is 1. The summed E-state index contributed by atoms with van der Waals surface area (Å²) >= 11 is 0. The van der Waals surface area contributed by atoms with E-state index in [1.807, 2.05) is 13.1 Å². The highest BCUT2D eigenvalue weighted by Gasteiger charge is 2.43. The zero-order chi connectivity index (χ0) is 12.3. The van der Waals surface area contributed by atoms with Crippen molar-refractivity contribution in [3.8, 4) is 0 Å². The topological polar surface area (TPSA) is 29.1 Å². The van der Waals surface area contributed by atoms with Crippen LogP contribution in [0.3, 0.4) is 0 Å². The molecule has 1 N–H and O–H groups in total. The molecule has 0 spiro atoms. The number of hydrogen-bond acceptors (Lipinski definition) is 2. The molecule has 0 aromatic heterocycles. The summed E-state index contributed by atoms with van der Waals surface area (Å²) < 4.78 is 0. The molecular weight excluding hydrogens is 210 g/mol. The third kappa shape index (κ3) is 2.14. The Labute approximate surface area is 103 Å². The Balaban J connectivity index is 2.38. The van der Waals surface area contributed by atoms with Crippen LogP contribution in [0.2, 0.25) is 0 Å². The molecule has 1 fully saturated rings. The van der Waals surface area contributed by atoms with Gasteiger partial charge in [0.25, 0.3) is 0 Å². The molecule has 0 radical (unpaired) electrons. The van der Waals surface area contributed by atoms with Crippen molar-refractivity contribution < 1.29 is 4.79 Å². The molecule has 2 nitrogen and oxygen atoms in total. The normalized spacial score (nSPS) is 28.9. The predicted molar refractivity (Wildman–Crippen MR) is 70.1 cm³/mol. The Morgan fingerprint density at radius 2 is 2.00 bits per heavy atom. The zero-order valence-electron chi connectivity index (χ0n) is 10.7. The Kier molecular flexibility index (Phi) is 3.63. The van der Waals surface area contributed by atoms with Gasteiger partial charge in [0.05, 0.1) is 5.54 Å². The van der Waals surface area contributed by atoms with Crippen LogP contribution in [0.4, 0.5) is 0 Å². The Bertz CT molecular complexity index is 387. The molecule has 1 aromatic carbocycles. The fourth-order valence-electron chi connectivity index (χ4n) is 3.21. The smallest absolute Gasteiger partial charge is 0.150 e. The summed E-state index contributed by atoms with van der Waals surface area (Å²) in [4.78, 5) is 12.1. The molecule has 1 aromatic rings. The summed E-state index contributed by atoms with van der Waals surface area (Å²) in [5.74, 6) is 0.591.